The molecule has 2 rings (SSSR count). The summed E-state index contributed by atoms with van der Waals surface area (Å²) in [5, 5.41) is 5.90. The van der Waals surface area contributed by atoms with Crippen molar-refractivity contribution in [2.24, 2.45) is 0 Å². The van der Waals surface area contributed by atoms with Crippen LogP contribution in [0.3, 0.4) is 0 Å². The van der Waals surface area contributed by atoms with Crippen LogP contribution in [-0.2, 0) is 17.7 Å². The number of rotatable bonds is 5. The Morgan fingerprint density at radius 2 is 2.35 bits per heavy atom. The molecule has 2 heterocycles. The zero-order valence-corrected chi connectivity index (χ0v) is 11.7. The molecule has 0 spiro atoms. The van der Waals surface area contributed by atoms with Crippen LogP contribution < -0.4 is 5.32 Å². The summed E-state index contributed by atoms with van der Waals surface area (Å²) in [6.45, 7) is 6.39. The minimum Gasteiger partial charge on any atom is -0.378 e. The highest BCUT2D eigenvalue weighted by atomic mass is 32.1. The van der Waals surface area contributed by atoms with Crippen LogP contribution in [0, 0.1) is 0 Å². The minimum absolute atomic E-state index is 0.468. The molecule has 1 aromatic heterocycles. The van der Waals surface area contributed by atoms with Crippen molar-refractivity contribution in [3.8, 4) is 0 Å². The average Bonchev–Trinajstić information content (AvgIpc) is 2.84. The Morgan fingerprint density at radius 3 is 3.12 bits per heavy atom. The predicted molar refractivity (Wildman–Crippen MR) is 73.6 cm³/mol. The van der Waals surface area contributed by atoms with Crippen molar-refractivity contribution in [1.82, 2.24) is 5.32 Å². The standard InChI is InChI=1S/C14H23NOS/c1-3-11-6-8-17-14(11)10-15-12-5-7-16-13(4-2)9-12/h6,8,12-13,15H,3-5,7,9-10H2,1-2H3. The lowest BCUT2D eigenvalue weighted by atomic mass is 10.0. The fourth-order valence-corrected chi connectivity index (χ4v) is 3.35. The summed E-state index contributed by atoms with van der Waals surface area (Å²) in [7, 11) is 0. The first-order valence-corrected chi connectivity index (χ1v) is 7.61. The number of hydrogen-bond donors (Lipinski definition) is 1. The highest BCUT2D eigenvalue weighted by Crippen LogP contribution is 2.20. The molecule has 1 aliphatic rings. The smallest absolute Gasteiger partial charge is 0.0587 e. The fourth-order valence-electron chi connectivity index (χ4n) is 2.42. The van der Waals surface area contributed by atoms with Gasteiger partial charge in [-0.15, -0.1) is 11.3 Å². The molecule has 2 unspecified atom stereocenters. The molecule has 1 fully saturated rings. The van der Waals surface area contributed by atoms with Crippen molar-refractivity contribution in [2.45, 2.75) is 58.2 Å². The second kappa shape index (κ2) is 6.53. The van der Waals surface area contributed by atoms with Gasteiger partial charge >= 0.3 is 0 Å². The third kappa shape index (κ3) is 3.54. The number of hydrogen-bond acceptors (Lipinski definition) is 3. The van der Waals surface area contributed by atoms with Gasteiger partial charge in [0.2, 0.25) is 0 Å². The Morgan fingerprint density at radius 1 is 1.47 bits per heavy atom. The van der Waals surface area contributed by atoms with Crippen molar-refractivity contribution in [1.29, 1.82) is 0 Å². The average molecular weight is 253 g/mol. The molecule has 0 aromatic carbocycles. The number of nitrogens with one attached hydrogen (secondary N) is 1. The molecule has 1 saturated heterocycles. The second-order valence-electron chi connectivity index (χ2n) is 4.73. The zero-order chi connectivity index (χ0) is 12.1. The maximum Gasteiger partial charge on any atom is 0.0587 e. The Bertz CT molecular complexity index is 337. The molecule has 0 aliphatic carbocycles. The molecule has 0 radical (unpaired) electrons. The van der Waals surface area contributed by atoms with E-state index in [1.807, 2.05) is 11.3 Å². The highest BCUT2D eigenvalue weighted by Gasteiger charge is 2.20. The van der Waals surface area contributed by atoms with Crippen LogP contribution >= 0.6 is 11.3 Å². The molecular weight excluding hydrogens is 230 g/mol. The molecule has 0 saturated carbocycles. The SMILES string of the molecule is CCc1ccsc1CNC1CCOC(CC)C1. The van der Waals surface area contributed by atoms with Gasteiger partial charge in [0.05, 0.1) is 6.10 Å². The second-order valence-corrected chi connectivity index (χ2v) is 5.73. The van der Waals surface area contributed by atoms with Crippen LogP contribution in [0.2, 0.25) is 0 Å². The van der Waals surface area contributed by atoms with E-state index >= 15 is 0 Å². The number of aryl methyl sites for hydroxylation is 1. The van der Waals surface area contributed by atoms with Gasteiger partial charge < -0.3 is 10.1 Å². The molecule has 2 atom stereocenters. The fraction of sp³-hybridized carbons (Fsp3) is 0.714. The Labute approximate surface area is 108 Å². The van der Waals surface area contributed by atoms with Crippen LogP contribution in [0.15, 0.2) is 11.4 Å². The largest absolute Gasteiger partial charge is 0.378 e. The quantitative estimate of drug-likeness (QED) is 0.869. The topological polar surface area (TPSA) is 21.3 Å². The molecule has 96 valence electrons. The van der Waals surface area contributed by atoms with Crippen LogP contribution in [0.1, 0.15) is 43.6 Å². The maximum absolute atomic E-state index is 5.70. The van der Waals surface area contributed by atoms with E-state index in [1.165, 1.54) is 16.9 Å². The van der Waals surface area contributed by atoms with E-state index < -0.39 is 0 Å². The molecular formula is C14H23NOS. The molecule has 0 bridgehead atoms. The Kier molecular flexibility index (Phi) is 5.01. The molecule has 3 heteroatoms. The van der Waals surface area contributed by atoms with Crippen molar-refractivity contribution in [3.63, 3.8) is 0 Å². The van der Waals surface area contributed by atoms with Gasteiger partial charge in [0.25, 0.3) is 0 Å². The van der Waals surface area contributed by atoms with Crippen molar-refractivity contribution < 1.29 is 4.74 Å². The van der Waals surface area contributed by atoms with E-state index in [0.717, 1.165) is 32.4 Å². The van der Waals surface area contributed by atoms with E-state index in [0.29, 0.717) is 12.1 Å². The summed E-state index contributed by atoms with van der Waals surface area (Å²) in [4.78, 5) is 1.51. The summed E-state index contributed by atoms with van der Waals surface area (Å²) in [6.07, 6.45) is 5.07. The first-order chi connectivity index (χ1) is 8.33. The first-order valence-electron chi connectivity index (χ1n) is 6.73. The van der Waals surface area contributed by atoms with Gasteiger partial charge in [-0.25, -0.2) is 0 Å². The Balaban J connectivity index is 1.81. The van der Waals surface area contributed by atoms with E-state index in [9.17, 15) is 0 Å². The van der Waals surface area contributed by atoms with Gasteiger partial charge in [-0.2, -0.15) is 0 Å². The number of ether oxygens (including phenoxy) is 1. The van der Waals surface area contributed by atoms with E-state index in [-0.39, 0.29) is 0 Å². The molecule has 1 N–H and O–H groups in total. The van der Waals surface area contributed by atoms with Gasteiger partial charge in [-0.1, -0.05) is 13.8 Å². The van der Waals surface area contributed by atoms with Crippen LogP contribution in [-0.4, -0.2) is 18.8 Å². The van der Waals surface area contributed by atoms with Gasteiger partial charge in [-0.3, -0.25) is 0 Å². The monoisotopic (exact) mass is 253 g/mol. The highest BCUT2D eigenvalue weighted by molar-refractivity contribution is 7.10. The van der Waals surface area contributed by atoms with Crippen molar-refractivity contribution >= 4 is 11.3 Å². The first kappa shape index (κ1) is 13.1. The molecule has 1 aliphatic heterocycles. The summed E-state index contributed by atoms with van der Waals surface area (Å²) in [5.74, 6) is 0. The van der Waals surface area contributed by atoms with Crippen LogP contribution in [0.25, 0.3) is 0 Å². The van der Waals surface area contributed by atoms with Crippen LogP contribution in [0.5, 0.6) is 0 Å². The summed E-state index contributed by atoms with van der Waals surface area (Å²) >= 11 is 1.88. The Hall–Kier alpha value is -0.380. The van der Waals surface area contributed by atoms with Gasteiger partial charge in [0, 0.05) is 24.1 Å². The molecule has 17 heavy (non-hydrogen) atoms. The molecule has 1 aromatic rings. The van der Waals surface area contributed by atoms with E-state index in [4.69, 9.17) is 4.74 Å². The van der Waals surface area contributed by atoms with Crippen molar-refractivity contribution in [2.75, 3.05) is 6.61 Å². The van der Waals surface area contributed by atoms with Crippen molar-refractivity contribution in [3.05, 3.63) is 21.9 Å². The summed E-state index contributed by atoms with van der Waals surface area (Å²) in [5.41, 5.74) is 1.50. The van der Waals surface area contributed by atoms with Crippen LogP contribution in [0.4, 0.5) is 0 Å². The van der Waals surface area contributed by atoms with Gasteiger partial charge in [0.15, 0.2) is 0 Å². The van der Waals surface area contributed by atoms with E-state index in [1.54, 1.807) is 0 Å². The van der Waals surface area contributed by atoms with Gasteiger partial charge in [0.1, 0.15) is 0 Å². The third-order valence-electron chi connectivity index (χ3n) is 3.59. The molecule has 0 amide bonds. The normalized spacial score (nSPS) is 25.1. The summed E-state index contributed by atoms with van der Waals surface area (Å²) < 4.78 is 5.70. The lowest BCUT2D eigenvalue weighted by molar-refractivity contribution is -0.000282. The minimum atomic E-state index is 0.468. The van der Waals surface area contributed by atoms with Gasteiger partial charge in [-0.05, 0) is 42.7 Å². The lowest BCUT2D eigenvalue weighted by Gasteiger charge is -2.29. The number of thiophene rings is 1. The molecule has 2 nitrogen and oxygen atoms in total. The summed E-state index contributed by atoms with van der Waals surface area (Å²) in [6, 6.07) is 2.89. The van der Waals surface area contributed by atoms with E-state index in [2.05, 4.69) is 30.6 Å². The lowest BCUT2D eigenvalue weighted by Crippen LogP contribution is -2.38. The maximum atomic E-state index is 5.70. The predicted octanol–water partition coefficient (Wildman–Crippen LogP) is 3.36. The third-order valence-corrected chi connectivity index (χ3v) is 4.56. The zero-order valence-electron chi connectivity index (χ0n) is 10.9.